The Hall–Kier alpha value is -2.24. The van der Waals surface area contributed by atoms with Crippen LogP contribution in [-0.2, 0) is 9.53 Å². The lowest BCUT2D eigenvalue weighted by atomic mass is 9.89. The van der Waals surface area contributed by atoms with Gasteiger partial charge in [-0.3, -0.25) is 4.79 Å². The van der Waals surface area contributed by atoms with Crippen LogP contribution in [0.1, 0.15) is 62.7 Å². The molecule has 0 bridgehead atoms. The highest BCUT2D eigenvalue weighted by Gasteiger charge is 2.21. The molecule has 1 N–H and O–H groups in total. The van der Waals surface area contributed by atoms with Crippen molar-refractivity contribution in [3.05, 3.63) is 23.8 Å². The summed E-state index contributed by atoms with van der Waals surface area (Å²) in [6.07, 6.45) is 6.07. The average molecular weight is 377 g/mol. The van der Waals surface area contributed by atoms with Gasteiger partial charge in [0.05, 0.1) is 19.3 Å². The third-order valence-electron chi connectivity index (χ3n) is 4.80. The number of ether oxygens (including phenoxy) is 3. The largest absolute Gasteiger partial charge is 0.493 e. The molecule has 2 rings (SSSR count). The highest BCUT2D eigenvalue weighted by Crippen LogP contribution is 2.28. The van der Waals surface area contributed by atoms with Crippen LogP contribution in [0.5, 0.6) is 11.5 Å². The molecule has 1 saturated carbocycles. The molecular formula is C21H31NO5. The summed E-state index contributed by atoms with van der Waals surface area (Å²) in [5.41, 5.74) is 0.322. The van der Waals surface area contributed by atoms with Crippen LogP contribution in [0, 0.1) is 5.92 Å². The quantitative estimate of drug-likeness (QED) is 0.664. The van der Waals surface area contributed by atoms with Crippen molar-refractivity contribution in [2.75, 3.05) is 20.3 Å². The molecule has 0 saturated heterocycles. The summed E-state index contributed by atoms with van der Waals surface area (Å²) in [4.78, 5) is 24.6. The van der Waals surface area contributed by atoms with E-state index >= 15 is 0 Å². The summed E-state index contributed by atoms with van der Waals surface area (Å²) in [6, 6.07) is 4.86. The summed E-state index contributed by atoms with van der Waals surface area (Å²) >= 11 is 0. The van der Waals surface area contributed by atoms with Crippen LogP contribution < -0.4 is 14.8 Å². The molecule has 0 spiro atoms. The molecule has 1 fully saturated rings. The standard InChI is InChI=1S/C21H31NO5/c1-4-12-26-18-11-10-17(13-19(18)25-3)21(24)27-15(2)20(23)22-14-16-8-6-5-7-9-16/h10-11,13,15-16H,4-9,12,14H2,1-3H3,(H,22,23)/t15-/m0/s1. The van der Waals surface area contributed by atoms with Gasteiger partial charge in [-0.15, -0.1) is 0 Å². The Morgan fingerprint density at radius 2 is 1.93 bits per heavy atom. The number of hydrogen-bond donors (Lipinski definition) is 1. The van der Waals surface area contributed by atoms with Crippen molar-refractivity contribution in [3.63, 3.8) is 0 Å². The summed E-state index contributed by atoms with van der Waals surface area (Å²) in [5, 5.41) is 2.90. The van der Waals surface area contributed by atoms with Crippen molar-refractivity contribution in [1.82, 2.24) is 5.32 Å². The van der Waals surface area contributed by atoms with E-state index in [9.17, 15) is 9.59 Å². The van der Waals surface area contributed by atoms with Gasteiger partial charge in [0.2, 0.25) is 0 Å². The number of hydrogen-bond acceptors (Lipinski definition) is 5. The molecular weight excluding hydrogens is 346 g/mol. The second kappa shape index (κ2) is 10.8. The number of benzene rings is 1. The van der Waals surface area contributed by atoms with E-state index in [4.69, 9.17) is 14.2 Å². The van der Waals surface area contributed by atoms with Crippen LogP contribution in [0.25, 0.3) is 0 Å². The van der Waals surface area contributed by atoms with Crippen molar-refractivity contribution < 1.29 is 23.8 Å². The fourth-order valence-electron chi connectivity index (χ4n) is 3.19. The first-order chi connectivity index (χ1) is 13.0. The summed E-state index contributed by atoms with van der Waals surface area (Å²) in [6.45, 7) is 4.82. The fourth-order valence-corrected chi connectivity index (χ4v) is 3.19. The summed E-state index contributed by atoms with van der Waals surface area (Å²) in [5.74, 6) is 0.756. The van der Waals surface area contributed by atoms with Gasteiger partial charge in [-0.25, -0.2) is 4.79 Å². The lowest BCUT2D eigenvalue weighted by Crippen LogP contribution is -2.38. The van der Waals surface area contributed by atoms with Crippen molar-refractivity contribution >= 4 is 11.9 Å². The van der Waals surface area contributed by atoms with E-state index in [2.05, 4.69) is 5.32 Å². The van der Waals surface area contributed by atoms with Crippen molar-refractivity contribution in [1.29, 1.82) is 0 Å². The second-order valence-corrected chi connectivity index (χ2v) is 7.01. The minimum Gasteiger partial charge on any atom is -0.493 e. The Balaban J connectivity index is 1.87. The monoisotopic (exact) mass is 377 g/mol. The van der Waals surface area contributed by atoms with Gasteiger partial charge in [-0.05, 0) is 50.3 Å². The van der Waals surface area contributed by atoms with Crippen LogP contribution in [0.3, 0.4) is 0 Å². The molecule has 1 atom stereocenters. The van der Waals surface area contributed by atoms with Gasteiger partial charge in [0.15, 0.2) is 17.6 Å². The first-order valence-electron chi connectivity index (χ1n) is 9.84. The molecule has 27 heavy (non-hydrogen) atoms. The van der Waals surface area contributed by atoms with Crippen LogP contribution in [0.15, 0.2) is 18.2 Å². The predicted octanol–water partition coefficient (Wildman–Crippen LogP) is 3.73. The minimum atomic E-state index is -0.844. The first-order valence-corrected chi connectivity index (χ1v) is 9.84. The number of nitrogens with one attached hydrogen (secondary N) is 1. The van der Waals surface area contributed by atoms with Crippen molar-refractivity contribution in [2.45, 2.75) is 58.5 Å². The van der Waals surface area contributed by atoms with Crippen LogP contribution in [0.2, 0.25) is 0 Å². The Kier molecular flexibility index (Phi) is 8.43. The third kappa shape index (κ3) is 6.45. The van der Waals surface area contributed by atoms with E-state index in [1.54, 1.807) is 25.1 Å². The molecule has 0 aliphatic heterocycles. The zero-order valence-corrected chi connectivity index (χ0v) is 16.6. The Bertz CT molecular complexity index is 625. The smallest absolute Gasteiger partial charge is 0.339 e. The highest BCUT2D eigenvalue weighted by molar-refractivity contribution is 5.92. The number of carbonyl (C=O) groups excluding carboxylic acids is 2. The summed E-state index contributed by atoms with van der Waals surface area (Å²) < 4.78 is 16.2. The predicted molar refractivity (Wildman–Crippen MR) is 103 cm³/mol. The normalized spacial score (nSPS) is 15.7. The van der Waals surface area contributed by atoms with E-state index in [0.717, 1.165) is 19.3 Å². The lowest BCUT2D eigenvalue weighted by Gasteiger charge is -2.22. The van der Waals surface area contributed by atoms with E-state index in [-0.39, 0.29) is 5.91 Å². The van der Waals surface area contributed by atoms with Gasteiger partial charge in [0, 0.05) is 6.54 Å². The number of amides is 1. The van der Waals surface area contributed by atoms with Gasteiger partial charge in [0.1, 0.15) is 0 Å². The van der Waals surface area contributed by atoms with Crippen molar-refractivity contribution in [2.24, 2.45) is 5.92 Å². The van der Waals surface area contributed by atoms with Gasteiger partial charge in [0.25, 0.3) is 5.91 Å². The Morgan fingerprint density at radius 3 is 2.59 bits per heavy atom. The Labute approximate surface area is 161 Å². The van der Waals surface area contributed by atoms with E-state index in [1.807, 2.05) is 6.92 Å². The topological polar surface area (TPSA) is 73.9 Å². The molecule has 1 aliphatic carbocycles. The van der Waals surface area contributed by atoms with E-state index < -0.39 is 12.1 Å². The van der Waals surface area contributed by atoms with Crippen LogP contribution in [-0.4, -0.2) is 38.2 Å². The molecule has 0 radical (unpaired) electrons. The third-order valence-corrected chi connectivity index (χ3v) is 4.80. The van der Waals surface area contributed by atoms with Crippen LogP contribution >= 0.6 is 0 Å². The molecule has 1 aromatic carbocycles. The van der Waals surface area contributed by atoms with Gasteiger partial charge in [-0.2, -0.15) is 0 Å². The van der Waals surface area contributed by atoms with E-state index in [0.29, 0.717) is 36.1 Å². The molecule has 6 nitrogen and oxygen atoms in total. The number of rotatable bonds is 9. The molecule has 1 aliphatic rings. The maximum absolute atomic E-state index is 12.4. The minimum absolute atomic E-state index is 0.260. The number of carbonyl (C=O) groups is 2. The van der Waals surface area contributed by atoms with Gasteiger partial charge < -0.3 is 19.5 Å². The maximum atomic E-state index is 12.4. The molecule has 6 heteroatoms. The molecule has 0 heterocycles. The highest BCUT2D eigenvalue weighted by atomic mass is 16.5. The van der Waals surface area contributed by atoms with Gasteiger partial charge >= 0.3 is 5.97 Å². The molecule has 1 amide bonds. The molecule has 1 aromatic rings. The molecule has 150 valence electrons. The van der Waals surface area contributed by atoms with E-state index in [1.165, 1.54) is 26.4 Å². The van der Waals surface area contributed by atoms with Crippen LogP contribution in [0.4, 0.5) is 0 Å². The number of methoxy groups -OCH3 is 1. The zero-order chi connectivity index (χ0) is 19.6. The fraction of sp³-hybridized carbons (Fsp3) is 0.619. The zero-order valence-electron chi connectivity index (χ0n) is 16.6. The molecule has 0 aromatic heterocycles. The summed E-state index contributed by atoms with van der Waals surface area (Å²) in [7, 11) is 1.52. The van der Waals surface area contributed by atoms with Gasteiger partial charge in [-0.1, -0.05) is 26.2 Å². The SMILES string of the molecule is CCCOc1ccc(C(=O)O[C@@H](C)C(=O)NCC2CCCCC2)cc1OC. The Morgan fingerprint density at radius 1 is 1.19 bits per heavy atom. The molecule has 0 unspecified atom stereocenters. The second-order valence-electron chi connectivity index (χ2n) is 7.01. The lowest BCUT2D eigenvalue weighted by molar-refractivity contribution is -0.129. The maximum Gasteiger partial charge on any atom is 0.339 e. The number of esters is 1. The van der Waals surface area contributed by atoms with Crippen molar-refractivity contribution in [3.8, 4) is 11.5 Å². The average Bonchev–Trinajstić information content (AvgIpc) is 2.70. The first kappa shape index (κ1) is 21.1.